The first-order valence-corrected chi connectivity index (χ1v) is 10.6. The van der Waals surface area contributed by atoms with Gasteiger partial charge in [-0.25, -0.2) is 0 Å². The van der Waals surface area contributed by atoms with Gasteiger partial charge in [0.25, 0.3) is 0 Å². The van der Waals surface area contributed by atoms with Crippen LogP contribution in [0.2, 0.25) is 0 Å². The maximum Gasteiger partial charge on any atom is 0.210 e. The van der Waals surface area contributed by atoms with Crippen molar-refractivity contribution in [3.8, 4) is 17.2 Å². The molecule has 2 aromatic carbocycles. The molecule has 0 atom stereocenters. The Kier molecular flexibility index (Phi) is 7.31. The zero-order chi connectivity index (χ0) is 20.6. The van der Waals surface area contributed by atoms with Gasteiger partial charge in [-0.05, 0) is 37.3 Å². The van der Waals surface area contributed by atoms with E-state index in [1.165, 1.54) is 30.2 Å². The number of rotatable bonds is 10. The lowest BCUT2D eigenvalue weighted by molar-refractivity contribution is 0.101. The van der Waals surface area contributed by atoms with Gasteiger partial charge in [-0.2, -0.15) is 0 Å². The molecule has 0 aliphatic rings. The second-order valence-corrected chi connectivity index (χ2v) is 7.91. The SMILES string of the molecule is CCOc1ccccc1Nc1nnc(SCC(=O)c2cc(OC)ccc2OC)s1. The van der Waals surface area contributed by atoms with Crippen molar-refractivity contribution < 1.29 is 19.0 Å². The first kappa shape index (κ1) is 20.9. The Bertz CT molecular complexity index is 978. The lowest BCUT2D eigenvalue weighted by Gasteiger charge is -2.09. The van der Waals surface area contributed by atoms with Gasteiger partial charge in [0.1, 0.15) is 17.2 Å². The number of carbonyl (C=O) groups is 1. The molecule has 9 heteroatoms. The standard InChI is InChI=1S/C20H21N3O4S2/c1-4-27-18-8-6-5-7-15(18)21-19-22-23-20(29-19)28-12-16(24)14-11-13(25-2)9-10-17(14)26-3/h5-11H,4,12H2,1-3H3,(H,21,22). The van der Waals surface area contributed by atoms with Gasteiger partial charge in [0, 0.05) is 0 Å². The number of nitrogens with zero attached hydrogens (tertiary/aromatic N) is 2. The molecule has 0 spiro atoms. The van der Waals surface area contributed by atoms with E-state index in [-0.39, 0.29) is 11.5 Å². The van der Waals surface area contributed by atoms with Crippen LogP contribution in [-0.2, 0) is 0 Å². The molecule has 0 unspecified atom stereocenters. The van der Waals surface area contributed by atoms with Crippen molar-refractivity contribution >= 4 is 39.7 Å². The van der Waals surface area contributed by atoms with Crippen LogP contribution in [0.4, 0.5) is 10.8 Å². The molecular formula is C20H21N3O4S2. The molecule has 0 bridgehead atoms. The third-order valence-corrected chi connectivity index (χ3v) is 5.84. The average Bonchev–Trinajstić information content (AvgIpc) is 3.20. The normalized spacial score (nSPS) is 10.4. The van der Waals surface area contributed by atoms with Crippen molar-refractivity contribution in [2.24, 2.45) is 0 Å². The number of para-hydroxylation sites is 2. The van der Waals surface area contributed by atoms with E-state index in [9.17, 15) is 4.79 Å². The summed E-state index contributed by atoms with van der Waals surface area (Å²) in [6.07, 6.45) is 0. The maximum atomic E-state index is 12.6. The van der Waals surface area contributed by atoms with Gasteiger partial charge < -0.3 is 19.5 Å². The number of thioether (sulfide) groups is 1. The van der Waals surface area contributed by atoms with E-state index in [2.05, 4.69) is 15.5 Å². The van der Waals surface area contributed by atoms with E-state index in [1.807, 2.05) is 31.2 Å². The Hall–Kier alpha value is -2.78. The molecular weight excluding hydrogens is 410 g/mol. The highest BCUT2D eigenvalue weighted by Crippen LogP contribution is 2.32. The lowest BCUT2D eigenvalue weighted by atomic mass is 10.1. The van der Waals surface area contributed by atoms with Crippen LogP contribution in [0, 0.1) is 0 Å². The molecule has 0 saturated heterocycles. The number of ether oxygens (including phenoxy) is 3. The van der Waals surface area contributed by atoms with E-state index in [4.69, 9.17) is 14.2 Å². The van der Waals surface area contributed by atoms with Crippen molar-refractivity contribution in [3.05, 3.63) is 48.0 Å². The number of anilines is 2. The molecule has 1 aromatic heterocycles. The van der Waals surface area contributed by atoms with Crippen molar-refractivity contribution in [1.82, 2.24) is 10.2 Å². The molecule has 0 saturated carbocycles. The molecule has 29 heavy (non-hydrogen) atoms. The molecule has 0 radical (unpaired) electrons. The summed E-state index contributed by atoms with van der Waals surface area (Å²) >= 11 is 2.70. The summed E-state index contributed by atoms with van der Waals surface area (Å²) in [5.74, 6) is 2.02. The van der Waals surface area contributed by atoms with Gasteiger partial charge >= 0.3 is 0 Å². The van der Waals surface area contributed by atoms with Gasteiger partial charge in [-0.15, -0.1) is 10.2 Å². The number of aromatic nitrogens is 2. The van der Waals surface area contributed by atoms with Gasteiger partial charge in [0.15, 0.2) is 10.1 Å². The predicted octanol–water partition coefficient (Wildman–Crippen LogP) is 4.67. The third kappa shape index (κ3) is 5.39. The number of hydrogen-bond donors (Lipinski definition) is 1. The van der Waals surface area contributed by atoms with E-state index in [0.29, 0.717) is 33.1 Å². The Labute approximate surface area is 177 Å². The first-order chi connectivity index (χ1) is 14.1. The topological polar surface area (TPSA) is 82.6 Å². The summed E-state index contributed by atoms with van der Waals surface area (Å²) in [5.41, 5.74) is 1.30. The average molecular weight is 432 g/mol. The lowest BCUT2D eigenvalue weighted by Crippen LogP contribution is -2.05. The molecule has 7 nitrogen and oxygen atoms in total. The van der Waals surface area contributed by atoms with E-state index < -0.39 is 0 Å². The zero-order valence-electron chi connectivity index (χ0n) is 16.3. The second-order valence-electron chi connectivity index (χ2n) is 5.71. The summed E-state index contributed by atoms with van der Waals surface area (Å²) in [4.78, 5) is 12.6. The minimum atomic E-state index is -0.0721. The van der Waals surface area contributed by atoms with Crippen LogP contribution in [0.25, 0.3) is 0 Å². The molecule has 0 aliphatic heterocycles. The van der Waals surface area contributed by atoms with Crippen molar-refractivity contribution in [2.75, 3.05) is 31.9 Å². The molecule has 0 fully saturated rings. The highest BCUT2D eigenvalue weighted by Gasteiger charge is 2.16. The van der Waals surface area contributed by atoms with Crippen LogP contribution in [0.1, 0.15) is 17.3 Å². The first-order valence-electron chi connectivity index (χ1n) is 8.85. The second kappa shape index (κ2) is 10.1. The summed E-state index contributed by atoms with van der Waals surface area (Å²) in [7, 11) is 3.10. The van der Waals surface area contributed by atoms with Gasteiger partial charge in [-0.1, -0.05) is 35.2 Å². The highest BCUT2D eigenvalue weighted by atomic mass is 32.2. The number of nitrogens with one attached hydrogen (secondary N) is 1. The van der Waals surface area contributed by atoms with E-state index >= 15 is 0 Å². The maximum absolute atomic E-state index is 12.6. The number of ketones is 1. The van der Waals surface area contributed by atoms with Crippen LogP contribution >= 0.6 is 23.1 Å². The fourth-order valence-corrected chi connectivity index (χ4v) is 4.17. The number of benzene rings is 2. The zero-order valence-corrected chi connectivity index (χ0v) is 17.9. The van der Waals surface area contributed by atoms with Crippen molar-refractivity contribution in [2.45, 2.75) is 11.3 Å². The highest BCUT2D eigenvalue weighted by molar-refractivity contribution is 8.01. The third-order valence-electron chi connectivity index (χ3n) is 3.87. The smallest absolute Gasteiger partial charge is 0.210 e. The van der Waals surface area contributed by atoms with Gasteiger partial charge in [0.2, 0.25) is 5.13 Å². The molecule has 3 aromatic rings. The Morgan fingerprint density at radius 3 is 2.69 bits per heavy atom. The van der Waals surface area contributed by atoms with Crippen LogP contribution in [0.5, 0.6) is 17.2 Å². The Balaban J connectivity index is 1.65. The van der Waals surface area contributed by atoms with E-state index in [1.54, 1.807) is 25.3 Å². The largest absolute Gasteiger partial charge is 0.497 e. The monoisotopic (exact) mass is 431 g/mol. The molecule has 1 N–H and O–H groups in total. The predicted molar refractivity (Wildman–Crippen MR) is 115 cm³/mol. The molecule has 3 rings (SSSR count). The van der Waals surface area contributed by atoms with E-state index in [0.717, 1.165) is 11.4 Å². The Morgan fingerprint density at radius 2 is 1.93 bits per heavy atom. The molecule has 152 valence electrons. The van der Waals surface area contributed by atoms with Gasteiger partial charge in [0.05, 0.1) is 37.8 Å². The number of methoxy groups -OCH3 is 2. The van der Waals surface area contributed by atoms with Crippen molar-refractivity contribution in [1.29, 1.82) is 0 Å². The minimum Gasteiger partial charge on any atom is -0.497 e. The Morgan fingerprint density at radius 1 is 1.10 bits per heavy atom. The quantitative estimate of drug-likeness (QED) is 0.366. The molecule has 0 amide bonds. The fourth-order valence-electron chi connectivity index (χ4n) is 2.52. The number of Topliss-reactive ketones (excluding diaryl/α,β-unsaturated/α-hetero) is 1. The molecule has 0 aliphatic carbocycles. The minimum absolute atomic E-state index is 0.0721. The van der Waals surface area contributed by atoms with Crippen LogP contribution in [0.3, 0.4) is 0 Å². The summed E-state index contributed by atoms with van der Waals surface area (Å²) < 4.78 is 16.8. The summed E-state index contributed by atoms with van der Waals surface area (Å²) in [5, 5.41) is 12.1. The fraction of sp³-hybridized carbons (Fsp3) is 0.250. The number of carbonyl (C=O) groups excluding carboxylic acids is 1. The summed E-state index contributed by atoms with van der Waals surface area (Å²) in [6.45, 7) is 2.51. The van der Waals surface area contributed by atoms with Crippen LogP contribution < -0.4 is 19.5 Å². The van der Waals surface area contributed by atoms with Crippen LogP contribution in [0.15, 0.2) is 46.8 Å². The van der Waals surface area contributed by atoms with Crippen LogP contribution in [-0.4, -0.2) is 42.6 Å². The number of hydrogen-bond acceptors (Lipinski definition) is 9. The van der Waals surface area contributed by atoms with Crippen molar-refractivity contribution in [3.63, 3.8) is 0 Å². The van der Waals surface area contributed by atoms with Gasteiger partial charge in [-0.3, -0.25) is 4.79 Å². The molecule has 1 heterocycles. The summed E-state index contributed by atoms with van der Waals surface area (Å²) in [6, 6.07) is 12.8.